The smallest absolute Gasteiger partial charge is 0.0541 e. The molecule has 0 spiro atoms. The highest BCUT2D eigenvalue weighted by molar-refractivity contribution is 5.03. The van der Waals surface area contributed by atoms with E-state index in [9.17, 15) is 0 Å². The largest absolute Gasteiger partial charge is 0.328 e. The Kier molecular flexibility index (Phi) is 3.69. The first kappa shape index (κ1) is 10.6. The molecular formula is C12H19N3. The lowest BCUT2D eigenvalue weighted by molar-refractivity contribution is 0.337. The van der Waals surface area contributed by atoms with E-state index in [1.807, 2.05) is 18.3 Å². The fourth-order valence-electron chi connectivity index (χ4n) is 2.16. The van der Waals surface area contributed by atoms with Crippen molar-refractivity contribution in [3.8, 4) is 0 Å². The van der Waals surface area contributed by atoms with Crippen molar-refractivity contribution < 1.29 is 0 Å². The van der Waals surface area contributed by atoms with E-state index in [1.54, 1.807) is 0 Å². The molecule has 3 heteroatoms. The van der Waals surface area contributed by atoms with Crippen LogP contribution in [0.5, 0.6) is 0 Å². The molecule has 2 atom stereocenters. The van der Waals surface area contributed by atoms with Crippen LogP contribution < -0.4 is 11.1 Å². The lowest BCUT2D eigenvalue weighted by atomic mass is 9.91. The second-order valence-corrected chi connectivity index (χ2v) is 4.33. The summed E-state index contributed by atoms with van der Waals surface area (Å²) in [5, 5.41) is 3.53. The van der Waals surface area contributed by atoms with Gasteiger partial charge < -0.3 is 11.1 Å². The number of hydrogen-bond donors (Lipinski definition) is 2. The molecule has 1 aliphatic rings. The first-order valence-electron chi connectivity index (χ1n) is 5.73. The summed E-state index contributed by atoms with van der Waals surface area (Å²) in [7, 11) is 0. The van der Waals surface area contributed by atoms with Gasteiger partial charge in [-0.15, -0.1) is 0 Å². The Labute approximate surface area is 91.1 Å². The second-order valence-electron chi connectivity index (χ2n) is 4.33. The maximum absolute atomic E-state index is 5.94. The van der Waals surface area contributed by atoms with Gasteiger partial charge in [0.1, 0.15) is 0 Å². The molecule has 1 fully saturated rings. The molecular weight excluding hydrogens is 186 g/mol. The van der Waals surface area contributed by atoms with E-state index in [1.165, 1.54) is 19.3 Å². The molecule has 82 valence electrons. The second kappa shape index (κ2) is 5.24. The number of nitrogens with zero attached hydrogens (tertiary/aromatic N) is 1. The van der Waals surface area contributed by atoms with Crippen LogP contribution in [0.15, 0.2) is 24.4 Å². The van der Waals surface area contributed by atoms with Gasteiger partial charge in [0.2, 0.25) is 0 Å². The molecule has 0 aromatic carbocycles. The van der Waals surface area contributed by atoms with Crippen LogP contribution in [0.2, 0.25) is 0 Å². The summed E-state index contributed by atoms with van der Waals surface area (Å²) < 4.78 is 0. The van der Waals surface area contributed by atoms with Crippen molar-refractivity contribution in [3.05, 3.63) is 30.1 Å². The van der Waals surface area contributed by atoms with Crippen molar-refractivity contribution in [1.82, 2.24) is 10.3 Å². The molecule has 2 rings (SSSR count). The number of nitrogens with two attached hydrogens (primary N) is 1. The minimum absolute atomic E-state index is 0.389. The van der Waals surface area contributed by atoms with Crippen LogP contribution in [0, 0.1) is 0 Å². The van der Waals surface area contributed by atoms with Crippen molar-refractivity contribution in [2.24, 2.45) is 5.73 Å². The zero-order chi connectivity index (χ0) is 10.5. The third-order valence-corrected chi connectivity index (χ3v) is 3.01. The molecule has 1 aliphatic carbocycles. The molecule has 1 aromatic rings. The van der Waals surface area contributed by atoms with E-state index in [0.717, 1.165) is 18.7 Å². The van der Waals surface area contributed by atoms with Crippen LogP contribution in [0.1, 0.15) is 31.4 Å². The van der Waals surface area contributed by atoms with Crippen molar-refractivity contribution >= 4 is 0 Å². The van der Waals surface area contributed by atoms with Crippen LogP contribution >= 0.6 is 0 Å². The summed E-state index contributed by atoms with van der Waals surface area (Å²) in [5.74, 6) is 0. The number of pyridine rings is 1. The molecule has 2 unspecified atom stereocenters. The molecule has 15 heavy (non-hydrogen) atoms. The molecule has 3 nitrogen and oxygen atoms in total. The summed E-state index contributed by atoms with van der Waals surface area (Å²) >= 11 is 0. The van der Waals surface area contributed by atoms with Gasteiger partial charge in [0, 0.05) is 24.8 Å². The SMILES string of the molecule is NC1CCCC(NCc2ccccn2)C1. The van der Waals surface area contributed by atoms with Crippen LogP contribution in [0.4, 0.5) is 0 Å². The molecule has 0 bridgehead atoms. The van der Waals surface area contributed by atoms with Gasteiger partial charge in [-0.05, 0) is 31.4 Å². The van der Waals surface area contributed by atoms with Crippen LogP contribution in [0.3, 0.4) is 0 Å². The minimum Gasteiger partial charge on any atom is -0.328 e. The molecule has 1 saturated carbocycles. The Morgan fingerprint density at radius 1 is 1.40 bits per heavy atom. The quantitative estimate of drug-likeness (QED) is 0.785. The van der Waals surface area contributed by atoms with Crippen molar-refractivity contribution in [1.29, 1.82) is 0 Å². The van der Waals surface area contributed by atoms with E-state index in [-0.39, 0.29) is 0 Å². The predicted molar refractivity (Wildman–Crippen MR) is 61.3 cm³/mol. The molecule has 0 saturated heterocycles. The maximum atomic E-state index is 5.94. The first-order valence-corrected chi connectivity index (χ1v) is 5.73. The molecule has 3 N–H and O–H groups in total. The summed E-state index contributed by atoms with van der Waals surface area (Å²) in [4.78, 5) is 4.29. The molecule has 0 aliphatic heterocycles. The summed E-state index contributed by atoms with van der Waals surface area (Å²) in [6.07, 6.45) is 6.62. The van der Waals surface area contributed by atoms with Gasteiger partial charge in [0.05, 0.1) is 5.69 Å². The lowest BCUT2D eigenvalue weighted by Gasteiger charge is -2.27. The standard InChI is InChI=1S/C12H19N3/c13-10-4-3-6-11(8-10)15-9-12-5-1-2-7-14-12/h1-2,5,7,10-11,15H,3-4,6,8-9,13H2. The average molecular weight is 205 g/mol. The van der Waals surface area contributed by atoms with E-state index >= 15 is 0 Å². The van der Waals surface area contributed by atoms with Gasteiger partial charge in [0.15, 0.2) is 0 Å². The van der Waals surface area contributed by atoms with E-state index in [4.69, 9.17) is 5.73 Å². The first-order chi connectivity index (χ1) is 7.34. The Bertz CT molecular complexity index is 286. The van der Waals surface area contributed by atoms with Crippen molar-refractivity contribution in [2.75, 3.05) is 0 Å². The highest BCUT2D eigenvalue weighted by atomic mass is 14.9. The topological polar surface area (TPSA) is 50.9 Å². The predicted octanol–water partition coefficient (Wildman–Crippen LogP) is 1.44. The van der Waals surface area contributed by atoms with Crippen molar-refractivity contribution in [3.63, 3.8) is 0 Å². The van der Waals surface area contributed by atoms with Gasteiger partial charge in [-0.1, -0.05) is 12.5 Å². The highest BCUT2D eigenvalue weighted by Gasteiger charge is 2.18. The normalized spacial score (nSPS) is 26.5. The average Bonchev–Trinajstić information content (AvgIpc) is 2.28. The lowest BCUT2D eigenvalue weighted by Crippen LogP contribution is -2.39. The van der Waals surface area contributed by atoms with E-state index < -0.39 is 0 Å². The zero-order valence-corrected chi connectivity index (χ0v) is 9.02. The van der Waals surface area contributed by atoms with Crippen LogP contribution in [-0.4, -0.2) is 17.1 Å². The fraction of sp³-hybridized carbons (Fsp3) is 0.583. The Balaban J connectivity index is 1.78. The molecule has 0 radical (unpaired) electrons. The Morgan fingerprint density at radius 3 is 3.07 bits per heavy atom. The molecule has 0 amide bonds. The number of aromatic nitrogens is 1. The number of nitrogens with one attached hydrogen (secondary N) is 1. The van der Waals surface area contributed by atoms with Crippen molar-refractivity contribution in [2.45, 2.75) is 44.3 Å². The molecule has 1 aromatic heterocycles. The number of rotatable bonds is 3. The maximum Gasteiger partial charge on any atom is 0.0541 e. The highest BCUT2D eigenvalue weighted by Crippen LogP contribution is 2.17. The fourth-order valence-corrected chi connectivity index (χ4v) is 2.16. The van der Waals surface area contributed by atoms with Crippen LogP contribution in [-0.2, 0) is 6.54 Å². The minimum atomic E-state index is 0.389. The van der Waals surface area contributed by atoms with Gasteiger partial charge in [-0.2, -0.15) is 0 Å². The molecule has 1 heterocycles. The van der Waals surface area contributed by atoms with Crippen LogP contribution in [0.25, 0.3) is 0 Å². The zero-order valence-electron chi connectivity index (χ0n) is 9.02. The summed E-state index contributed by atoms with van der Waals surface area (Å²) in [6.45, 7) is 0.859. The van der Waals surface area contributed by atoms with E-state index in [2.05, 4.69) is 16.4 Å². The van der Waals surface area contributed by atoms with E-state index in [0.29, 0.717) is 12.1 Å². The van der Waals surface area contributed by atoms with Gasteiger partial charge >= 0.3 is 0 Å². The third kappa shape index (κ3) is 3.29. The third-order valence-electron chi connectivity index (χ3n) is 3.01. The Hall–Kier alpha value is -0.930. The van der Waals surface area contributed by atoms with Gasteiger partial charge in [-0.25, -0.2) is 0 Å². The number of hydrogen-bond acceptors (Lipinski definition) is 3. The van der Waals surface area contributed by atoms with Gasteiger partial charge in [0.25, 0.3) is 0 Å². The summed E-state index contributed by atoms with van der Waals surface area (Å²) in [6, 6.07) is 6.99. The monoisotopic (exact) mass is 205 g/mol. The van der Waals surface area contributed by atoms with Gasteiger partial charge in [-0.3, -0.25) is 4.98 Å². The summed E-state index contributed by atoms with van der Waals surface area (Å²) in [5.41, 5.74) is 7.05. The Morgan fingerprint density at radius 2 is 2.33 bits per heavy atom.